The maximum Gasteiger partial charge on any atom is 0.254 e. The average molecular weight is 409 g/mol. The molecule has 1 fully saturated rings. The van der Waals surface area contributed by atoms with Gasteiger partial charge in [-0.25, -0.2) is 17.6 Å². The Hall–Kier alpha value is -2.77. The number of benzene rings is 2. The van der Waals surface area contributed by atoms with E-state index >= 15 is 0 Å². The van der Waals surface area contributed by atoms with E-state index in [1.54, 1.807) is 0 Å². The molecule has 1 N–H and O–H groups in total. The van der Waals surface area contributed by atoms with Crippen LogP contribution in [-0.4, -0.2) is 25.7 Å². The molecule has 0 aromatic heterocycles. The predicted octanol–water partition coefficient (Wildman–Crippen LogP) is 4.26. The lowest BCUT2D eigenvalue weighted by atomic mass is 9.78. The molecule has 1 saturated carbocycles. The monoisotopic (exact) mass is 409 g/mol. The topological polar surface area (TPSA) is 47.6 Å². The number of ether oxygens (including phenoxy) is 2. The lowest BCUT2D eigenvalue weighted by Crippen LogP contribution is -2.39. The van der Waals surface area contributed by atoms with Crippen LogP contribution in [0.5, 0.6) is 11.5 Å². The summed E-state index contributed by atoms with van der Waals surface area (Å²) in [6.07, 6.45) is 3.44. The number of halogens is 4. The molecule has 0 unspecified atom stereocenters. The number of carbonyl (C=O) groups is 1. The Bertz CT molecular complexity index is 957. The van der Waals surface area contributed by atoms with Gasteiger partial charge in [0.05, 0.1) is 5.56 Å². The molecule has 1 aliphatic carbocycles. The summed E-state index contributed by atoms with van der Waals surface area (Å²) in [4.78, 5) is 12.4. The number of nitrogens with one attached hydrogen (secondary N) is 1. The first-order chi connectivity index (χ1) is 13.9. The molecule has 1 aliphatic heterocycles. The largest absolute Gasteiger partial charge is 0.486 e. The second kappa shape index (κ2) is 7.57. The summed E-state index contributed by atoms with van der Waals surface area (Å²) in [5.74, 6) is -6.99. The second-order valence-corrected chi connectivity index (χ2v) is 7.38. The van der Waals surface area contributed by atoms with Crippen LogP contribution in [0, 0.1) is 23.3 Å². The number of rotatable bonds is 4. The number of carbonyl (C=O) groups excluding carboxylic acids is 1. The standard InChI is InChI=1S/C21H19F4NO3/c22-14-10-13(17(23)19(25)18(14)24)20(27)26-11-21(5-1-2-6-21)12-3-4-15-16(9-12)29-8-7-28-15/h3-4,9-10H,1-2,5-8,11H2,(H,26,27). The Kier molecular flexibility index (Phi) is 5.10. The fraction of sp³-hybridized carbons (Fsp3) is 0.381. The SMILES string of the molecule is O=C(NCC1(c2ccc3c(c2)OCCO3)CCCC1)c1cc(F)c(F)c(F)c1F. The first-order valence-corrected chi connectivity index (χ1v) is 9.43. The van der Waals surface area contributed by atoms with E-state index in [1.165, 1.54) is 0 Å². The van der Waals surface area contributed by atoms with Crippen molar-refractivity contribution >= 4 is 5.91 Å². The van der Waals surface area contributed by atoms with Crippen LogP contribution >= 0.6 is 0 Å². The van der Waals surface area contributed by atoms with E-state index in [0.29, 0.717) is 30.8 Å². The van der Waals surface area contributed by atoms with Gasteiger partial charge >= 0.3 is 0 Å². The van der Waals surface area contributed by atoms with Gasteiger partial charge in [-0.1, -0.05) is 18.9 Å². The number of amides is 1. The zero-order chi connectivity index (χ0) is 20.6. The van der Waals surface area contributed by atoms with Gasteiger partial charge in [-0.3, -0.25) is 4.79 Å². The molecular weight excluding hydrogens is 390 g/mol. The lowest BCUT2D eigenvalue weighted by molar-refractivity contribution is 0.0937. The second-order valence-electron chi connectivity index (χ2n) is 7.38. The molecule has 1 heterocycles. The van der Waals surface area contributed by atoms with E-state index in [1.807, 2.05) is 18.2 Å². The van der Waals surface area contributed by atoms with Crippen LogP contribution in [0.3, 0.4) is 0 Å². The van der Waals surface area contributed by atoms with Crippen molar-refractivity contribution in [1.29, 1.82) is 0 Å². The number of fused-ring (bicyclic) bond motifs is 1. The molecule has 0 spiro atoms. The van der Waals surface area contributed by atoms with Crippen molar-refractivity contribution in [2.45, 2.75) is 31.1 Å². The van der Waals surface area contributed by atoms with Gasteiger partial charge in [-0.2, -0.15) is 0 Å². The summed E-state index contributed by atoms with van der Waals surface area (Å²) in [5.41, 5.74) is -0.341. The Morgan fingerprint density at radius 3 is 2.34 bits per heavy atom. The van der Waals surface area contributed by atoms with Crippen LogP contribution < -0.4 is 14.8 Å². The summed E-state index contributed by atoms with van der Waals surface area (Å²) in [6, 6.07) is 5.97. The zero-order valence-corrected chi connectivity index (χ0v) is 15.5. The lowest BCUT2D eigenvalue weighted by Gasteiger charge is -2.31. The molecule has 0 saturated heterocycles. The average Bonchev–Trinajstić information content (AvgIpc) is 3.23. The van der Waals surface area contributed by atoms with Gasteiger partial charge in [0, 0.05) is 12.0 Å². The normalized spacial score (nSPS) is 17.2. The molecule has 29 heavy (non-hydrogen) atoms. The third-order valence-electron chi connectivity index (χ3n) is 5.65. The molecule has 4 rings (SSSR count). The minimum absolute atomic E-state index is 0.144. The molecule has 154 valence electrons. The molecule has 2 aromatic carbocycles. The molecule has 0 atom stereocenters. The molecule has 8 heteroatoms. The van der Waals surface area contributed by atoms with Gasteiger partial charge in [0.2, 0.25) is 0 Å². The van der Waals surface area contributed by atoms with Crippen molar-refractivity contribution in [2.24, 2.45) is 0 Å². The highest BCUT2D eigenvalue weighted by atomic mass is 19.2. The minimum atomic E-state index is -2.00. The van der Waals surface area contributed by atoms with Crippen molar-refractivity contribution in [3.05, 3.63) is 58.7 Å². The Morgan fingerprint density at radius 1 is 0.931 bits per heavy atom. The van der Waals surface area contributed by atoms with Gasteiger partial charge in [0.25, 0.3) is 5.91 Å². The van der Waals surface area contributed by atoms with Crippen LogP contribution in [-0.2, 0) is 5.41 Å². The first kappa shape index (κ1) is 19.5. The number of hydrogen-bond donors (Lipinski definition) is 1. The predicted molar refractivity (Wildman–Crippen MR) is 96.2 cm³/mol. The molecule has 4 nitrogen and oxygen atoms in total. The van der Waals surface area contributed by atoms with E-state index in [2.05, 4.69) is 5.32 Å². The highest BCUT2D eigenvalue weighted by Gasteiger charge is 2.37. The van der Waals surface area contributed by atoms with Gasteiger partial charge in [-0.05, 0) is 36.6 Å². The maximum atomic E-state index is 13.9. The third-order valence-corrected chi connectivity index (χ3v) is 5.65. The van der Waals surface area contributed by atoms with Crippen LogP contribution in [0.2, 0.25) is 0 Å². The van der Waals surface area contributed by atoms with Crippen molar-refractivity contribution < 1.29 is 31.8 Å². The smallest absolute Gasteiger partial charge is 0.254 e. The minimum Gasteiger partial charge on any atom is -0.486 e. The molecule has 2 aromatic rings. The fourth-order valence-corrected chi connectivity index (χ4v) is 4.08. The first-order valence-electron chi connectivity index (χ1n) is 9.43. The van der Waals surface area contributed by atoms with E-state index in [9.17, 15) is 22.4 Å². The van der Waals surface area contributed by atoms with Crippen LogP contribution in [0.4, 0.5) is 17.6 Å². The van der Waals surface area contributed by atoms with E-state index in [-0.39, 0.29) is 6.54 Å². The van der Waals surface area contributed by atoms with Gasteiger partial charge in [0.1, 0.15) is 13.2 Å². The summed E-state index contributed by atoms with van der Waals surface area (Å²) in [7, 11) is 0. The van der Waals surface area contributed by atoms with Crippen molar-refractivity contribution in [1.82, 2.24) is 5.32 Å². The summed E-state index contributed by atoms with van der Waals surface area (Å²) in [6.45, 7) is 1.07. The molecular formula is C21H19F4NO3. The molecule has 0 radical (unpaired) electrons. The highest BCUT2D eigenvalue weighted by Crippen LogP contribution is 2.43. The summed E-state index contributed by atoms with van der Waals surface area (Å²) in [5, 5.41) is 2.57. The van der Waals surface area contributed by atoms with Crippen molar-refractivity contribution in [3.63, 3.8) is 0 Å². The van der Waals surface area contributed by atoms with Crippen molar-refractivity contribution in [3.8, 4) is 11.5 Å². The van der Waals surface area contributed by atoms with Crippen LogP contribution in [0.1, 0.15) is 41.6 Å². The van der Waals surface area contributed by atoms with Crippen LogP contribution in [0.15, 0.2) is 24.3 Å². The van der Waals surface area contributed by atoms with Crippen LogP contribution in [0.25, 0.3) is 0 Å². The Balaban J connectivity index is 1.58. The highest BCUT2D eigenvalue weighted by molar-refractivity contribution is 5.94. The Morgan fingerprint density at radius 2 is 1.62 bits per heavy atom. The van der Waals surface area contributed by atoms with E-state index in [4.69, 9.17) is 9.47 Å². The molecule has 0 bridgehead atoms. The molecule has 2 aliphatic rings. The van der Waals surface area contributed by atoms with E-state index in [0.717, 1.165) is 31.2 Å². The molecule has 1 amide bonds. The van der Waals surface area contributed by atoms with Gasteiger partial charge < -0.3 is 14.8 Å². The van der Waals surface area contributed by atoms with Gasteiger partial charge in [-0.15, -0.1) is 0 Å². The van der Waals surface area contributed by atoms with Crippen molar-refractivity contribution in [2.75, 3.05) is 19.8 Å². The maximum absolute atomic E-state index is 13.9. The zero-order valence-electron chi connectivity index (χ0n) is 15.5. The fourth-order valence-electron chi connectivity index (χ4n) is 4.08. The summed E-state index contributed by atoms with van der Waals surface area (Å²) >= 11 is 0. The quantitative estimate of drug-likeness (QED) is 0.467. The number of hydrogen-bond acceptors (Lipinski definition) is 3. The summed E-state index contributed by atoms with van der Waals surface area (Å²) < 4.78 is 65.1. The van der Waals surface area contributed by atoms with E-state index < -0.39 is 40.2 Å². The third kappa shape index (κ3) is 3.52. The Labute approximate surface area is 164 Å². The van der Waals surface area contributed by atoms with Gasteiger partial charge in [0.15, 0.2) is 34.8 Å².